The highest BCUT2D eigenvalue weighted by Crippen LogP contribution is 2.27. The van der Waals surface area contributed by atoms with E-state index in [0.717, 1.165) is 12.0 Å². The Hall–Kier alpha value is -2.82. The van der Waals surface area contributed by atoms with Crippen LogP contribution in [0.4, 0.5) is 0 Å². The van der Waals surface area contributed by atoms with Crippen molar-refractivity contribution in [2.45, 2.75) is 25.8 Å². The number of hydrogen-bond acceptors (Lipinski definition) is 2. The van der Waals surface area contributed by atoms with Gasteiger partial charge in [-0.1, -0.05) is 83.9 Å². The van der Waals surface area contributed by atoms with Crippen LogP contribution in [0.2, 0.25) is 10.0 Å². The van der Waals surface area contributed by atoms with E-state index in [0.29, 0.717) is 22.2 Å². The summed E-state index contributed by atoms with van der Waals surface area (Å²) in [7, 11) is 0. The zero-order valence-electron chi connectivity index (χ0n) is 17.9. The number of carbonyl (C=O) groups excluding carboxylic acids is 2. The highest BCUT2D eigenvalue weighted by molar-refractivity contribution is 6.36. The molecule has 1 atom stereocenters. The molecule has 0 radical (unpaired) electrons. The van der Waals surface area contributed by atoms with Crippen LogP contribution in [-0.2, 0) is 11.2 Å². The Kier molecular flexibility index (Phi) is 8.72. The Labute approximate surface area is 199 Å². The van der Waals surface area contributed by atoms with E-state index in [1.54, 1.807) is 23.1 Å². The van der Waals surface area contributed by atoms with Crippen LogP contribution >= 0.6 is 23.2 Å². The molecule has 0 aliphatic carbocycles. The number of amides is 2. The van der Waals surface area contributed by atoms with Gasteiger partial charge >= 0.3 is 0 Å². The highest BCUT2D eigenvalue weighted by Gasteiger charge is 2.25. The zero-order chi connectivity index (χ0) is 22.9. The second-order valence-corrected chi connectivity index (χ2v) is 8.39. The van der Waals surface area contributed by atoms with Gasteiger partial charge in [0.15, 0.2) is 0 Å². The second kappa shape index (κ2) is 11.7. The maximum absolute atomic E-state index is 13.4. The monoisotopic (exact) mass is 468 g/mol. The van der Waals surface area contributed by atoms with E-state index in [-0.39, 0.29) is 30.8 Å². The summed E-state index contributed by atoms with van der Waals surface area (Å²) >= 11 is 12.3. The lowest BCUT2D eigenvalue weighted by molar-refractivity contribution is -0.121. The van der Waals surface area contributed by atoms with Crippen molar-refractivity contribution >= 4 is 35.0 Å². The number of nitrogens with one attached hydrogen (secondary N) is 1. The van der Waals surface area contributed by atoms with Crippen molar-refractivity contribution in [1.82, 2.24) is 10.2 Å². The van der Waals surface area contributed by atoms with Gasteiger partial charge in [0.05, 0.1) is 16.6 Å². The molecular formula is C26H26Cl2N2O2. The Morgan fingerprint density at radius 1 is 0.938 bits per heavy atom. The van der Waals surface area contributed by atoms with E-state index in [2.05, 4.69) is 5.32 Å². The van der Waals surface area contributed by atoms with Crippen LogP contribution in [0.3, 0.4) is 0 Å². The van der Waals surface area contributed by atoms with Gasteiger partial charge < -0.3 is 10.2 Å². The van der Waals surface area contributed by atoms with Gasteiger partial charge in [0.25, 0.3) is 5.91 Å². The standard InChI is InChI=1S/C26H26Cl2N2O2/c1-19(21-10-6-3-7-11-21)30(26(32)23-13-12-22(27)18-24(23)28)17-15-25(31)29-16-14-20-8-4-2-5-9-20/h2-13,18-19H,14-17H2,1H3,(H,29,31). The maximum atomic E-state index is 13.4. The lowest BCUT2D eigenvalue weighted by Gasteiger charge is -2.30. The van der Waals surface area contributed by atoms with Gasteiger partial charge in [0, 0.05) is 24.5 Å². The average molecular weight is 469 g/mol. The molecule has 0 aliphatic rings. The molecule has 0 saturated carbocycles. The molecule has 0 heterocycles. The number of carbonyl (C=O) groups is 2. The fourth-order valence-corrected chi connectivity index (χ4v) is 3.99. The third-order valence-electron chi connectivity index (χ3n) is 5.33. The lowest BCUT2D eigenvalue weighted by atomic mass is 10.0. The lowest BCUT2D eigenvalue weighted by Crippen LogP contribution is -2.37. The van der Waals surface area contributed by atoms with Crippen LogP contribution in [0.1, 0.15) is 40.9 Å². The van der Waals surface area contributed by atoms with E-state index in [4.69, 9.17) is 23.2 Å². The second-order valence-electron chi connectivity index (χ2n) is 7.54. The van der Waals surface area contributed by atoms with Crippen molar-refractivity contribution in [3.05, 3.63) is 106 Å². The first kappa shape index (κ1) is 23.8. The highest BCUT2D eigenvalue weighted by atomic mass is 35.5. The van der Waals surface area contributed by atoms with Gasteiger partial charge in [0.2, 0.25) is 5.91 Å². The Morgan fingerprint density at radius 2 is 1.59 bits per heavy atom. The molecule has 0 fully saturated rings. The fraction of sp³-hybridized carbons (Fsp3) is 0.231. The van der Waals surface area contributed by atoms with Crippen molar-refractivity contribution in [2.24, 2.45) is 0 Å². The van der Waals surface area contributed by atoms with Crippen molar-refractivity contribution in [2.75, 3.05) is 13.1 Å². The normalized spacial score (nSPS) is 11.6. The smallest absolute Gasteiger partial charge is 0.255 e. The summed E-state index contributed by atoms with van der Waals surface area (Å²) in [6.07, 6.45) is 0.957. The van der Waals surface area contributed by atoms with Gasteiger partial charge in [0.1, 0.15) is 0 Å². The summed E-state index contributed by atoms with van der Waals surface area (Å²) < 4.78 is 0. The molecule has 166 valence electrons. The molecule has 0 bridgehead atoms. The van der Waals surface area contributed by atoms with Gasteiger partial charge in [-0.25, -0.2) is 0 Å². The van der Waals surface area contributed by atoms with Gasteiger partial charge in [-0.2, -0.15) is 0 Å². The summed E-state index contributed by atoms with van der Waals surface area (Å²) in [6.45, 7) is 2.77. The minimum Gasteiger partial charge on any atom is -0.356 e. The molecule has 32 heavy (non-hydrogen) atoms. The minimum atomic E-state index is -0.236. The van der Waals surface area contributed by atoms with Crippen molar-refractivity contribution in [3.63, 3.8) is 0 Å². The van der Waals surface area contributed by atoms with Crippen LogP contribution in [-0.4, -0.2) is 29.8 Å². The molecule has 3 aromatic carbocycles. The van der Waals surface area contributed by atoms with Crippen molar-refractivity contribution < 1.29 is 9.59 Å². The topological polar surface area (TPSA) is 49.4 Å². The molecule has 3 aromatic rings. The van der Waals surface area contributed by atoms with Crippen molar-refractivity contribution in [3.8, 4) is 0 Å². The predicted molar refractivity (Wildman–Crippen MR) is 130 cm³/mol. The first-order chi connectivity index (χ1) is 15.5. The third-order valence-corrected chi connectivity index (χ3v) is 5.88. The molecule has 0 aromatic heterocycles. The summed E-state index contributed by atoms with van der Waals surface area (Å²) in [4.78, 5) is 27.5. The van der Waals surface area contributed by atoms with E-state index >= 15 is 0 Å². The molecule has 2 amide bonds. The van der Waals surface area contributed by atoms with Crippen LogP contribution in [0.5, 0.6) is 0 Å². The van der Waals surface area contributed by atoms with E-state index in [1.807, 2.05) is 67.6 Å². The Bertz CT molecular complexity index is 1040. The minimum absolute atomic E-state index is 0.0961. The van der Waals surface area contributed by atoms with Crippen LogP contribution < -0.4 is 5.32 Å². The molecule has 6 heteroatoms. The summed E-state index contributed by atoms with van der Waals surface area (Å²) in [5.41, 5.74) is 2.51. The molecular weight excluding hydrogens is 443 g/mol. The largest absolute Gasteiger partial charge is 0.356 e. The number of nitrogens with zero attached hydrogens (tertiary/aromatic N) is 1. The molecule has 0 saturated heterocycles. The zero-order valence-corrected chi connectivity index (χ0v) is 19.4. The maximum Gasteiger partial charge on any atom is 0.255 e. The van der Waals surface area contributed by atoms with Crippen LogP contribution in [0.25, 0.3) is 0 Å². The SMILES string of the molecule is CC(c1ccccc1)N(CCC(=O)NCCc1ccccc1)C(=O)c1ccc(Cl)cc1Cl. The summed E-state index contributed by atoms with van der Waals surface area (Å²) in [6, 6.07) is 24.3. The van der Waals surface area contributed by atoms with E-state index in [1.165, 1.54) is 5.56 Å². The third kappa shape index (κ3) is 6.59. The Morgan fingerprint density at radius 3 is 2.25 bits per heavy atom. The molecule has 3 rings (SSSR count). The van der Waals surface area contributed by atoms with E-state index < -0.39 is 0 Å². The molecule has 1 unspecified atom stereocenters. The average Bonchev–Trinajstić information content (AvgIpc) is 2.80. The molecule has 1 N–H and O–H groups in total. The Balaban J connectivity index is 1.68. The number of rotatable bonds is 9. The molecule has 4 nitrogen and oxygen atoms in total. The summed E-state index contributed by atoms with van der Waals surface area (Å²) in [5, 5.41) is 3.70. The van der Waals surface area contributed by atoms with Crippen molar-refractivity contribution in [1.29, 1.82) is 0 Å². The first-order valence-corrected chi connectivity index (χ1v) is 11.3. The molecule has 0 aliphatic heterocycles. The summed E-state index contributed by atoms with van der Waals surface area (Å²) in [5.74, 6) is -0.332. The van der Waals surface area contributed by atoms with E-state index in [9.17, 15) is 9.59 Å². The quantitative estimate of drug-likeness (QED) is 0.421. The fourth-order valence-electron chi connectivity index (χ4n) is 3.50. The van der Waals surface area contributed by atoms with Crippen LogP contribution in [0.15, 0.2) is 78.9 Å². The number of hydrogen-bond donors (Lipinski definition) is 1. The number of halogens is 2. The molecule has 0 spiro atoms. The van der Waals surface area contributed by atoms with Gasteiger partial charge in [-0.05, 0) is 42.7 Å². The first-order valence-electron chi connectivity index (χ1n) is 10.6. The number of benzene rings is 3. The van der Waals surface area contributed by atoms with Gasteiger partial charge in [-0.15, -0.1) is 0 Å². The van der Waals surface area contributed by atoms with Gasteiger partial charge in [-0.3, -0.25) is 9.59 Å². The predicted octanol–water partition coefficient (Wildman–Crippen LogP) is 5.95. The van der Waals surface area contributed by atoms with Crippen LogP contribution in [0, 0.1) is 0 Å².